The lowest BCUT2D eigenvalue weighted by atomic mass is 9.97. The molecule has 6 nitrogen and oxygen atoms in total. The number of nitrogens with one attached hydrogen (secondary N) is 2. The minimum atomic E-state index is -1.05. The van der Waals surface area contributed by atoms with Crippen molar-refractivity contribution in [1.82, 2.24) is 10.6 Å². The number of aliphatic hydroxyl groups is 1. The van der Waals surface area contributed by atoms with Crippen LogP contribution >= 0.6 is 0 Å². The first-order chi connectivity index (χ1) is 18.1. The van der Waals surface area contributed by atoms with E-state index in [0.717, 1.165) is 23.1 Å². The first-order valence-electron chi connectivity index (χ1n) is 12.8. The van der Waals surface area contributed by atoms with Gasteiger partial charge in [0.15, 0.2) is 0 Å². The highest BCUT2D eigenvalue weighted by molar-refractivity contribution is 5.94. The fraction of sp³-hybridized carbons (Fsp3) is 0.367. The molecule has 3 N–H and O–H groups in total. The summed E-state index contributed by atoms with van der Waals surface area (Å²) in [5.74, 6) is -0.350. The number of fused-ring (bicyclic) bond motifs is 1. The molecule has 0 bridgehead atoms. The molecule has 0 fully saturated rings. The van der Waals surface area contributed by atoms with E-state index in [-0.39, 0.29) is 30.5 Å². The number of halogens is 2. The smallest absolute Gasteiger partial charge is 0.251 e. The number of carbonyl (C=O) groups excluding carboxylic acids is 1. The average Bonchev–Trinajstić information content (AvgIpc) is 2.85. The molecule has 3 atom stereocenters. The molecule has 0 unspecified atom stereocenters. The standard InChI is InChI=1S/C30H34F2N2O4/c1-30(2,3)38-23-9-10-28-24(17-23)25(11-12-37-28)33-18-27(35)26(15-19-13-21(31)16-22(32)14-19)34-29(36)20-7-5-4-6-8-20/h4-10,13-14,16-17,25-27,33,35H,11-12,15,18H2,1-3H3,(H,34,36)/t25-,26-,27+/m0/s1. The van der Waals surface area contributed by atoms with Gasteiger partial charge in [-0.05, 0) is 75.2 Å². The van der Waals surface area contributed by atoms with E-state index < -0.39 is 23.8 Å². The zero-order valence-corrected chi connectivity index (χ0v) is 21.8. The van der Waals surface area contributed by atoms with E-state index in [1.54, 1.807) is 30.3 Å². The molecule has 3 aromatic carbocycles. The summed E-state index contributed by atoms with van der Waals surface area (Å²) in [5, 5.41) is 17.4. The van der Waals surface area contributed by atoms with Crippen LogP contribution in [0.25, 0.3) is 0 Å². The Bertz CT molecular complexity index is 1230. The number of hydrogen-bond acceptors (Lipinski definition) is 5. The maximum Gasteiger partial charge on any atom is 0.251 e. The number of hydrogen-bond donors (Lipinski definition) is 3. The van der Waals surface area contributed by atoms with Crippen molar-refractivity contribution in [3.05, 3.63) is 95.1 Å². The second-order valence-corrected chi connectivity index (χ2v) is 10.5. The van der Waals surface area contributed by atoms with E-state index in [4.69, 9.17) is 9.47 Å². The molecule has 1 amide bonds. The van der Waals surface area contributed by atoms with Crippen LogP contribution in [0.5, 0.6) is 11.5 Å². The fourth-order valence-electron chi connectivity index (χ4n) is 4.51. The molecule has 8 heteroatoms. The highest BCUT2D eigenvalue weighted by Gasteiger charge is 2.27. The molecule has 4 rings (SSSR count). The van der Waals surface area contributed by atoms with Crippen LogP contribution in [0.4, 0.5) is 8.78 Å². The average molecular weight is 525 g/mol. The summed E-state index contributed by atoms with van der Waals surface area (Å²) in [5.41, 5.74) is 1.32. The van der Waals surface area contributed by atoms with Crippen molar-refractivity contribution in [1.29, 1.82) is 0 Å². The van der Waals surface area contributed by atoms with Gasteiger partial charge < -0.3 is 25.2 Å². The molecule has 1 aliphatic rings. The molecule has 0 aromatic heterocycles. The van der Waals surface area contributed by atoms with Gasteiger partial charge in [0.05, 0.1) is 18.8 Å². The van der Waals surface area contributed by atoms with Gasteiger partial charge in [0.1, 0.15) is 28.7 Å². The van der Waals surface area contributed by atoms with Crippen LogP contribution < -0.4 is 20.1 Å². The lowest BCUT2D eigenvalue weighted by molar-refractivity contribution is 0.0819. The maximum atomic E-state index is 13.8. The summed E-state index contributed by atoms with van der Waals surface area (Å²) in [6.07, 6.45) is -0.326. The van der Waals surface area contributed by atoms with Crippen LogP contribution in [-0.2, 0) is 6.42 Å². The third-order valence-corrected chi connectivity index (χ3v) is 6.21. The van der Waals surface area contributed by atoms with Crippen molar-refractivity contribution in [2.45, 2.75) is 57.4 Å². The van der Waals surface area contributed by atoms with Gasteiger partial charge in [0.2, 0.25) is 0 Å². The lowest BCUT2D eigenvalue weighted by Crippen LogP contribution is -2.49. The maximum absolute atomic E-state index is 13.8. The molecule has 0 spiro atoms. The lowest BCUT2D eigenvalue weighted by Gasteiger charge is -2.31. The van der Waals surface area contributed by atoms with Gasteiger partial charge in [0.25, 0.3) is 5.91 Å². The predicted octanol–water partition coefficient (Wildman–Crippen LogP) is 4.96. The first-order valence-corrected chi connectivity index (χ1v) is 12.8. The third kappa shape index (κ3) is 7.52. The predicted molar refractivity (Wildman–Crippen MR) is 141 cm³/mol. The molecule has 0 aliphatic carbocycles. The molecule has 0 radical (unpaired) electrons. The second kappa shape index (κ2) is 11.9. The molecule has 3 aromatic rings. The highest BCUT2D eigenvalue weighted by atomic mass is 19.1. The van der Waals surface area contributed by atoms with Crippen molar-refractivity contribution in [2.24, 2.45) is 0 Å². The molecule has 1 heterocycles. The minimum absolute atomic E-state index is 0.0457. The fourth-order valence-corrected chi connectivity index (χ4v) is 4.51. The molecule has 1 aliphatic heterocycles. The van der Waals surface area contributed by atoms with Crippen LogP contribution in [-0.4, -0.2) is 41.9 Å². The van der Waals surface area contributed by atoms with Crippen molar-refractivity contribution >= 4 is 5.91 Å². The third-order valence-electron chi connectivity index (χ3n) is 6.21. The number of carbonyl (C=O) groups is 1. The molecular formula is C30H34F2N2O4. The van der Waals surface area contributed by atoms with E-state index in [0.29, 0.717) is 24.2 Å². The largest absolute Gasteiger partial charge is 0.493 e. The topological polar surface area (TPSA) is 79.8 Å². The van der Waals surface area contributed by atoms with Crippen LogP contribution in [0.3, 0.4) is 0 Å². The van der Waals surface area contributed by atoms with Crippen molar-refractivity contribution < 1.29 is 28.2 Å². The second-order valence-electron chi connectivity index (χ2n) is 10.5. The molecule has 0 saturated carbocycles. The van der Waals surface area contributed by atoms with E-state index in [2.05, 4.69) is 10.6 Å². The Morgan fingerprint density at radius 1 is 1.08 bits per heavy atom. The summed E-state index contributed by atoms with van der Waals surface area (Å²) in [4.78, 5) is 12.9. The van der Waals surface area contributed by atoms with Gasteiger partial charge >= 0.3 is 0 Å². The number of amides is 1. The molecule has 0 saturated heterocycles. The van der Waals surface area contributed by atoms with Crippen molar-refractivity contribution in [3.63, 3.8) is 0 Å². The van der Waals surface area contributed by atoms with E-state index in [1.807, 2.05) is 39.0 Å². The van der Waals surface area contributed by atoms with Crippen LogP contribution in [0, 0.1) is 11.6 Å². The number of aliphatic hydroxyl groups excluding tert-OH is 1. The summed E-state index contributed by atoms with van der Waals surface area (Å²) >= 11 is 0. The SMILES string of the molecule is CC(C)(C)Oc1ccc2c(c1)[C@@H](NC[C@@H](O)[C@H](Cc1cc(F)cc(F)c1)NC(=O)c1ccccc1)CCO2. The van der Waals surface area contributed by atoms with E-state index >= 15 is 0 Å². The summed E-state index contributed by atoms with van der Waals surface area (Å²) in [7, 11) is 0. The minimum Gasteiger partial charge on any atom is -0.493 e. The Morgan fingerprint density at radius 2 is 1.79 bits per heavy atom. The monoisotopic (exact) mass is 524 g/mol. The number of rotatable bonds is 9. The Morgan fingerprint density at radius 3 is 2.47 bits per heavy atom. The summed E-state index contributed by atoms with van der Waals surface area (Å²) < 4.78 is 39.5. The van der Waals surface area contributed by atoms with E-state index in [1.165, 1.54) is 12.1 Å². The zero-order valence-electron chi connectivity index (χ0n) is 21.8. The van der Waals surface area contributed by atoms with Crippen molar-refractivity contribution in [3.8, 4) is 11.5 Å². The van der Waals surface area contributed by atoms with Crippen LogP contribution in [0.2, 0.25) is 0 Å². The Labute approximate surface area is 222 Å². The zero-order chi connectivity index (χ0) is 27.3. The Hall–Kier alpha value is -3.49. The van der Waals surface area contributed by atoms with Gasteiger partial charge in [0, 0.05) is 36.2 Å². The summed E-state index contributed by atoms with van der Waals surface area (Å²) in [6.45, 7) is 6.57. The van der Waals surface area contributed by atoms with Gasteiger partial charge in [-0.2, -0.15) is 0 Å². The van der Waals surface area contributed by atoms with Gasteiger partial charge in [-0.15, -0.1) is 0 Å². The van der Waals surface area contributed by atoms with Gasteiger partial charge in [-0.3, -0.25) is 4.79 Å². The van der Waals surface area contributed by atoms with Crippen LogP contribution in [0.15, 0.2) is 66.7 Å². The Kier molecular flexibility index (Phi) is 8.64. The van der Waals surface area contributed by atoms with Gasteiger partial charge in [-0.1, -0.05) is 18.2 Å². The quantitative estimate of drug-likeness (QED) is 0.369. The number of ether oxygens (including phenoxy) is 2. The molecular weight excluding hydrogens is 490 g/mol. The number of benzene rings is 3. The van der Waals surface area contributed by atoms with Gasteiger partial charge in [-0.25, -0.2) is 8.78 Å². The highest BCUT2D eigenvalue weighted by Crippen LogP contribution is 2.35. The van der Waals surface area contributed by atoms with E-state index in [9.17, 15) is 18.7 Å². The first kappa shape index (κ1) is 27.5. The Balaban J connectivity index is 1.50. The molecule has 38 heavy (non-hydrogen) atoms. The summed E-state index contributed by atoms with van der Waals surface area (Å²) in [6, 6.07) is 16.6. The van der Waals surface area contributed by atoms with Crippen LogP contribution in [0.1, 0.15) is 54.7 Å². The van der Waals surface area contributed by atoms with Crippen molar-refractivity contribution in [2.75, 3.05) is 13.2 Å². The molecule has 202 valence electrons. The normalized spacial score (nSPS) is 16.6.